The Kier molecular flexibility index (Phi) is 17.1. The summed E-state index contributed by atoms with van der Waals surface area (Å²) in [5, 5.41) is 14.2. The molecule has 0 saturated carbocycles. The second-order valence-corrected chi connectivity index (χ2v) is 15.8. The Morgan fingerprint density at radius 2 is 1.77 bits per heavy atom. The number of Topliss-reactive ketones (excluding diaryl/α,β-unsaturated/α-hetero) is 2. The van der Waals surface area contributed by atoms with Gasteiger partial charge in [-0.15, -0.1) is 11.3 Å². The highest BCUT2D eigenvalue weighted by Gasteiger charge is 2.38. The number of hydrogen-bond acceptors (Lipinski definition) is 9. The van der Waals surface area contributed by atoms with Gasteiger partial charge in [-0.3, -0.25) is 28.9 Å². The third kappa shape index (κ3) is 12.3. The molecule has 6 atom stereocenters. The van der Waals surface area contributed by atoms with E-state index >= 15 is 0 Å². The van der Waals surface area contributed by atoms with E-state index in [0.29, 0.717) is 6.42 Å². The van der Waals surface area contributed by atoms with E-state index in [0.717, 1.165) is 54.7 Å². The van der Waals surface area contributed by atoms with E-state index in [2.05, 4.69) is 15.2 Å². The van der Waals surface area contributed by atoms with Crippen LogP contribution >= 0.6 is 11.3 Å². The maximum absolute atomic E-state index is 14.5. The number of rotatable bonds is 21. The summed E-state index contributed by atoms with van der Waals surface area (Å²) in [5.74, 6) is -3.08. The molecule has 2 amide bonds. The molecular formula is C40H60N4O7S. The molecule has 12 heteroatoms. The van der Waals surface area contributed by atoms with Crippen LogP contribution < -0.4 is 5.32 Å². The number of aryl methyl sites for hydroxylation is 1. The van der Waals surface area contributed by atoms with Crippen LogP contribution in [-0.2, 0) is 25.5 Å². The topological polar surface area (TPSA) is 146 Å². The highest BCUT2D eigenvalue weighted by atomic mass is 32.1. The molecule has 6 unspecified atom stereocenters. The smallest absolute Gasteiger partial charge is 0.306 e. The van der Waals surface area contributed by atoms with Gasteiger partial charge >= 0.3 is 5.97 Å². The molecule has 1 aromatic heterocycles. The minimum Gasteiger partial charge on any atom is -0.481 e. The Hall–Kier alpha value is -3.48. The van der Waals surface area contributed by atoms with E-state index in [1.54, 1.807) is 18.9 Å². The summed E-state index contributed by atoms with van der Waals surface area (Å²) in [6, 6.07) is 6.75. The van der Waals surface area contributed by atoms with Crippen molar-refractivity contribution in [3.05, 3.63) is 51.5 Å². The number of piperidine rings is 1. The van der Waals surface area contributed by atoms with Gasteiger partial charge in [-0.2, -0.15) is 0 Å². The molecule has 52 heavy (non-hydrogen) atoms. The van der Waals surface area contributed by atoms with Crippen molar-refractivity contribution in [3.63, 3.8) is 0 Å². The summed E-state index contributed by atoms with van der Waals surface area (Å²) < 4.78 is 5.40. The van der Waals surface area contributed by atoms with E-state index in [1.165, 1.54) is 5.38 Å². The quantitative estimate of drug-likeness (QED) is 0.145. The summed E-state index contributed by atoms with van der Waals surface area (Å²) in [7, 11) is 3.55. The zero-order chi connectivity index (χ0) is 38.5. The van der Waals surface area contributed by atoms with Crippen molar-refractivity contribution in [1.29, 1.82) is 0 Å². The lowest BCUT2D eigenvalue weighted by atomic mass is 9.82. The highest BCUT2D eigenvalue weighted by Crippen LogP contribution is 2.29. The van der Waals surface area contributed by atoms with Crippen molar-refractivity contribution >= 4 is 40.7 Å². The molecule has 0 spiro atoms. The maximum Gasteiger partial charge on any atom is 0.306 e. The van der Waals surface area contributed by atoms with E-state index in [-0.39, 0.29) is 78.5 Å². The summed E-state index contributed by atoms with van der Waals surface area (Å²) in [6.07, 6.45) is 4.43. The monoisotopic (exact) mass is 740 g/mol. The van der Waals surface area contributed by atoms with Crippen molar-refractivity contribution in [2.75, 3.05) is 33.9 Å². The van der Waals surface area contributed by atoms with Crippen LogP contribution in [0, 0.1) is 30.6 Å². The summed E-state index contributed by atoms with van der Waals surface area (Å²) >= 11 is 1.08. The first-order valence-corrected chi connectivity index (χ1v) is 19.6. The number of thiazole rings is 1. The molecule has 1 fully saturated rings. The lowest BCUT2D eigenvalue weighted by Crippen LogP contribution is -2.51. The molecule has 1 saturated heterocycles. The number of amides is 2. The predicted octanol–water partition coefficient (Wildman–Crippen LogP) is 6.08. The Balaban J connectivity index is 1.80. The lowest BCUT2D eigenvalue weighted by molar-refractivity contribution is -0.144. The van der Waals surface area contributed by atoms with E-state index in [1.807, 2.05) is 65.9 Å². The van der Waals surface area contributed by atoms with Crippen molar-refractivity contribution in [1.82, 2.24) is 20.1 Å². The molecule has 2 N–H and O–H groups in total. The normalized spacial score (nSPS) is 17.9. The van der Waals surface area contributed by atoms with Crippen molar-refractivity contribution in [2.24, 2.45) is 23.7 Å². The number of hydrogen-bond donors (Lipinski definition) is 2. The zero-order valence-corrected chi connectivity index (χ0v) is 33.2. The van der Waals surface area contributed by atoms with Crippen LogP contribution in [-0.4, -0.2) is 101 Å². The van der Waals surface area contributed by atoms with Crippen LogP contribution in [0.15, 0.2) is 29.6 Å². The van der Waals surface area contributed by atoms with E-state index in [4.69, 9.17) is 4.74 Å². The Bertz CT molecular complexity index is 1490. The van der Waals surface area contributed by atoms with Gasteiger partial charge in [0.15, 0.2) is 16.6 Å². The molecule has 0 aliphatic carbocycles. The van der Waals surface area contributed by atoms with Crippen molar-refractivity contribution in [3.8, 4) is 0 Å². The first kappa shape index (κ1) is 42.9. The number of aliphatic carboxylic acids is 1. The largest absolute Gasteiger partial charge is 0.481 e. The van der Waals surface area contributed by atoms with E-state index < -0.39 is 35.8 Å². The number of aromatic nitrogens is 1. The number of ketones is 2. The average molecular weight is 741 g/mol. The molecule has 2 heterocycles. The fourth-order valence-electron chi connectivity index (χ4n) is 6.97. The van der Waals surface area contributed by atoms with Gasteiger partial charge in [-0.25, -0.2) is 4.98 Å². The zero-order valence-electron chi connectivity index (χ0n) is 32.4. The number of nitrogens with one attached hydrogen (secondary N) is 1. The number of ether oxygens (including phenoxy) is 1. The second-order valence-electron chi connectivity index (χ2n) is 15.0. The number of benzene rings is 1. The first-order valence-electron chi connectivity index (χ1n) is 18.8. The van der Waals surface area contributed by atoms with Crippen LogP contribution in [0.4, 0.5) is 0 Å². The molecule has 3 rings (SSSR count). The molecule has 1 aliphatic rings. The van der Waals surface area contributed by atoms with Crippen LogP contribution in [0.2, 0.25) is 0 Å². The number of carbonyl (C=O) groups is 5. The van der Waals surface area contributed by atoms with Gasteiger partial charge in [0.1, 0.15) is 5.69 Å². The Morgan fingerprint density at radius 1 is 1.08 bits per heavy atom. The second kappa shape index (κ2) is 20.7. The number of nitrogens with zero attached hydrogens (tertiary/aromatic N) is 3. The predicted molar refractivity (Wildman–Crippen MR) is 204 cm³/mol. The molecule has 11 nitrogen and oxygen atoms in total. The number of carboxylic acids is 1. The Labute approximate surface area is 313 Å². The van der Waals surface area contributed by atoms with Gasteiger partial charge in [-0.05, 0) is 63.6 Å². The molecule has 2 aromatic rings. The van der Waals surface area contributed by atoms with Crippen LogP contribution in [0.1, 0.15) is 111 Å². The SMILES string of the molecule is CCC(C)C(CC(=O)C1CCCCN1C)C(=O)N(CCOC)C(CC(=O)c1nc(C(=O)NC(Cc2ccc(C)cc2)CC(C)C(=O)O)cs1)C(C)C. The Morgan fingerprint density at radius 3 is 2.37 bits per heavy atom. The molecular weight excluding hydrogens is 681 g/mol. The van der Waals surface area contributed by atoms with Gasteiger partial charge in [0.05, 0.1) is 18.6 Å². The lowest BCUT2D eigenvalue weighted by Gasteiger charge is -2.38. The van der Waals surface area contributed by atoms with Crippen molar-refractivity contribution in [2.45, 2.75) is 111 Å². The number of likely N-dealkylation sites (N-methyl/N-ethyl adjacent to an activating group) is 1. The third-order valence-corrected chi connectivity index (χ3v) is 11.5. The van der Waals surface area contributed by atoms with E-state index in [9.17, 15) is 29.1 Å². The number of carboxylic acid groups (broad SMARTS) is 1. The molecule has 288 valence electrons. The number of methoxy groups -OCH3 is 1. The summed E-state index contributed by atoms with van der Waals surface area (Å²) in [5.41, 5.74) is 2.15. The van der Waals surface area contributed by atoms with Gasteiger partial charge in [0, 0.05) is 49.9 Å². The molecule has 0 radical (unpaired) electrons. The molecule has 1 aliphatic heterocycles. The van der Waals surface area contributed by atoms with Crippen molar-refractivity contribution < 1.29 is 33.8 Å². The highest BCUT2D eigenvalue weighted by molar-refractivity contribution is 7.12. The third-order valence-electron chi connectivity index (χ3n) is 10.6. The summed E-state index contributed by atoms with van der Waals surface area (Å²) in [4.78, 5) is 75.2. The average Bonchev–Trinajstić information content (AvgIpc) is 3.61. The van der Waals surface area contributed by atoms with Gasteiger partial charge in [0.2, 0.25) is 5.91 Å². The fourth-order valence-corrected chi connectivity index (χ4v) is 7.72. The maximum atomic E-state index is 14.5. The standard InChI is InChI=1S/C40H60N4O7S/c1-9-27(5)31(22-35(45)33-12-10-11-17-43(33)7)39(48)44(18-19-51-8)34(25(2)3)23-36(46)38-42-32(24-52-38)37(47)41-30(20-28(6)40(49)50)21-29-15-13-26(4)14-16-29/h13-16,24-25,27-28,30-31,33-34H,9-12,17-23H2,1-8H3,(H,41,47)(H,49,50). The van der Waals surface area contributed by atoms with Gasteiger partial charge in [0.25, 0.3) is 5.91 Å². The minimum atomic E-state index is -0.943. The molecule has 0 bridgehead atoms. The van der Waals surface area contributed by atoms with Gasteiger partial charge < -0.3 is 20.1 Å². The number of likely N-dealkylation sites (tertiary alicyclic amines) is 1. The number of carbonyl (C=O) groups excluding carboxylic acids is 4. The first-order chi connectivity index (χ1) is 24.7. The molecule has 1 aromatic carbocycles. The van der Waals surface area contributed by atoms with Crippen LogP contribution in [0.25, 0.3) is 0 Å². The van der Waals surface area contributed by atoms with Gasteiger partial charge in [-0.1, -0.05) is 77.3 Å². The summed E-state index contributed by atoms with van der Waals surface area (Å²) in [6.45, 7) is 13.0. The fraction of sp³-hybridized carbons (Fsp3) is 0.650. The minimum absolute atomic E-state index is 0.000400. The van der Waals surface area contributed by atoms with Crippen LogP contribution in [0.5, 0.6) is 0 Å². The van der Waals surface area contributed by atoms with Crippen LogP contribution in [0.3, 0.4) is 0 Å².